The number of nitrogens with one attached hydrogen (secondary N) is 1. The molecule has 1 heterocycles. The number of halogens is 1. The van der Waals surface area contributed by atoms with Crippen molar-refractivity contribution >= 4 is 40.4 Å². The van der Waals surface area contributed by atoms with Crippen LogP contribution in [0.5, 0.6) is 5.75 Å². The Morgan fingerprint density at radius 1 is 1.25 bits per heavy atom. The summed E-state index contributed by atoms with van der Waals surface area (Å²) >= 11 is 7.61. The Kier molecular flexibility index (Phi) is 7.43. The maximum absolute atomic E-state index is 12.4. The highest BCUT2D eigenvalue weighted by Crippen LogP contribution is 2.30. The van der Waals surface area contributed by atoms with E-state index in [0.717, 1.165) is 5.01 Å². The molecule has 0 atom stereocenters. The largest absolute Gasteiger partial charge is 0.482 e. The smallest absolute Gasteiger partial charge is 0.267 e. The summed E-state index contributed by atoms with van der Waals surface area (Å²) in [4.78, 5) is 31.0. The first-order valence-electron chi connectivity index (χ1n) is 9.13. The van der Waals surface area contributed by atoms with Crippen molar-refractivity contribution in [2.45, 2.75) is 40.0 Å². The zero-order valence-electron chi connectivity index (χ0n) is 16.8. The van der Waals surface area contributed by atoms with Gasteiger partial charge < -0.3 is 15.0 Å². The molecule has 152 valence electrons. The van der Waals surface area contributed by atoms with Crippen LogP contribution in [0.25, 0.3) is 0 Å². The number of amides is 2. The fraction of sp³-hybridized carbons (Fsp3) is 0.450. The number of anilines is 1. The molecule has 1 aromatic heterocycles. The number of rotatable bonds is 7. The van der Waals surface area contributed by atoms with Crippen molar-refractivity contribution in [1.29, 1.82) is 0 Å². The Bertz CT molecular complexity index is 841. The van der Waals surface area contributed by atoms with Crippen LogP contribution in [-0.4, -0.2) is 41.4 Å². The van der Waals surface area contributed by atoms with E-state index in [-0.39, 0.29) is 23.8 Å². The first-order chi connectivity index (χ1) is 13.2. The van der Waals surface area contributed by atoms with E-state index >= 15 is 0 Å². The summed E-state index contributed by atoms with van der Waals surface area (Å²) in [6.07, 6.45) is 1.58. The van der Waals surface area contributed by atoms with Gasteiger partial charge in [-0.2, -0.15) is 0 Å². The SMILES string of the molecule is CCN(CC)C(=O)COc1ccc(NC(=O)c2cnc(C(C)(C)C)s2)cc1Cl. The first kappa shape index (κ1) is 22.2. The number of hydrogen-bond donors (Lipinski definition) is 1. The van der Waals surface area contributed by atoms with Crippen molar-refractivity contribution in [3.8, 4) is 5.75 Å². The lowest BCUT2D eigenvalue weighted by Crippen LogP contribution is -2.34. The van der Waals surface area contributed by atoms with Crippen molar-refractivity contribution in [2.75, 3.05) is 25.0 Å². The molecule has 0 aliphatic rings. The van der Waals surface area contributed by atoms with Gasteiger partial charge in [0.2, 0.25) is 0 Å². The van der Waals surface area contributed by atoms with Gasteiger partial charge in [0.1, 0.15) is 10.6 Å². The summed E-state index contributed by atoms with van der Waals surface area (Å²) in [7, 11) is 0. The second-order valence-electron chi connectivity index (χ2n) is 7.23. The molecule has 0 aliphatic carbocycles. The van der Waals surface area contributed by atoms with Crippen LogP contribution < -0.4 is 10.1 Å². The highest BCUT2D eigenvalue weighted by molar-refractivity contribution is 7.13. The van der Waals surface area contributed by atoms with Gasteiger partial charge in [0.15, 0.2) is 6.61 Å². The topological polar surface area (TPSA) is 71.5 Å². The molecule has 6 nitrogen and oxygen atoms in total. The average Bonchev–Trinajstić information content (AvgIpc) is 3.13. The number of ether oxygens (including phenoxy) is 1. The van der Waals surface area contributed by atoms with E-state index in [0.29, 0.717) is 34.4 Å². The lowest BCUT2D eigenvalue weighted by atomic mass is 9.98. The van der Waals surface area contributed by atoms with Gasteiger partial charge >= 0.3 is 0 Å². The third kappa shape index (κ3) is 5.69. The van der Waals surface area contributed by atoms with Crippen LogP contribution in [-0.2, 0) is 10.2 Å². The quantitative estimate of drug-likeness (QED) is 0.706. The van der Waals surface area contributed by atoms with Crippen molar-refractivity contribution in [3.05, 3.63) is 39.3 Å². The highest BCUT2D eigenvalue weighted by atomic mass is 35.5. The molecule has 0 radical (unpaired) electrons. The van der Waals surface area contributed by atoms with E-state index in [4.69, 9.17) is 16.3 Å². The molecule has 1 aromatic carbocycles. The molecule has 0 unspecified atom stereocenters. The molecule has 0 aliphatic heterocycles. The normalized spacial score (nSPS) is 11.2. The van der Waals surface area contributed by atoms with Gasteiger partial charge in [-0.25, -0.2) is 4.98 Å². The maximum Gasteiger partial charge on any atom is 0.267 e. The summed E-state index contributed by atoms with van der Waals surface area (Å²) in [5, 5.41) is 4.03. The molecule has 1 N–H and O–H groups in total. The molecule has 28 heavy (non-hydrogen) atoms. The summed E-state index contributed by atoms with van der Waals surface area (Å²) in [6, 6.07) is 4.93. The van der Waals surface area contributed by atoms with E-state index in [1.54, 1.807) is 29.3 Å². The zero-order valence-corrected chi connectivity index (χ0v) is 18.4. The van der Waals surface area contributed by atoms with Gasteiger partial charge in [-0.3, -0.25) is 9.59 Å². The van der Waals surface area contributed by atoms with E-state index in [2.05, 4.69) is 31.1 Å². The van der Waals surface area contributed by atoms with Gasteiger partial charge in [-0.15, -0.1) is 11.3 Å². The molecule has 0 saturated heterocycles. The van der Waals surface area contributed by atoms with Crippen molar-refractivity contribution in [1.82, 2.24) is 9.88 Å². The van der Waals surface area contributed by atoms with Crippen LogP contribution >= 0.6 is 22.9 Å². The Morgan fingerprint density at radius 3 is 2.46 bits per heavy atom. The lowest BCUT2D eigenvalue weighted by Gasteiger charge is -2.19. The van der Waals surface area contributed by atoms with Gasteiger partial charge in [0.05, 0.1) is 16.2 Å². The molecule has 0 spiro atoms. The summed E-state index contributed by atoms with van der Waals surface area (Å²) in [6.45, 7) is 11.2. The molecular weight excluding hydrogens is 398 g/mol. The Hall–Kier alpha value is -2.12. The number of benzene rings is 1. The predicted molar refractivity (Wildman–Crippen MR) is 114 cm³/mol. The van der Waals surface area contributed by atoms with Gasteiger partial charge in [0.25, 0.3) is 11.8 Å². The minimum atomic E-state index is -0.241. The van der Waals surface area contributed by atoms with Gasteiger partial charge in [0, 0.05) is 24.2 Å². The van der Waals surface area contributed by atoms with Crippen LogP contribution in [0, 0.1) is 0 Å². The fourth-order valence-corrected chi connectivity index (χ4v) is 3.53. The van der Waals surface area contributed by atoms with Gasteiger partial charge in [-0.05, 0) is 32.0 Å². The average molecular weight is 424 g/mol. The lowest BCUT2D eigenvalue weighted by molar-refractivity contribution is -0.132. The molecule has 0 fully saturated rings. The Balaban J connectivity index is 2.01. The standard InChI is InChI=1S/C20H26ClN3O3S/c1-6-24(7-2)17(25)12-27-15-9-8-13(10-14(15)21)23-18(26)16-11-22-19(28-16)20(3,4)5/h8-11H,6-7,12H2,1-5H3,(H,23,26). The van der Waals surface area contributed by atoms with E-state index in [1.807, 2.05) is 13.8 Å². The highest BCUT2D eigenvalue weighted by Gasteiger charge is 2.20. The van der Waals surface area contributed by atoms with E-state index < -0.39 is 0 Å². The number of thiazole rings is 1. The Labute approximate surface area is 174 Å². The molecular formula is C20H26ClN3O3S. The van der Waals surface area contributed by atoms with E-state index in [9.17, 15) is 9.59 Å². The number of hydrogen-bond acceptors (Lipinski definition) is 5. The van der Waals surface area contributed by atoms with Crippen LogP contribution in [0.3, 0.4) is 0 Å². The first-order valence-corrected chi connectivity index (χ1v) is 10.3. The number of likely N-dealkylation sites (N-methyl/N-ethyl adjacent to an activating group) is 1. The number of nitrogens with zero attached hydrogens (tertiary/aromatic N) is 2. The number of carbonyl (C=O) groups excluding carboxylic acids is 2. The van der Waals surface area contributed by atoms with Gasteiger partial charge in [-0.1, -0.05) is 32.4 Å². The fourth-order valence-electron chi connectivity index (χ4n) is 2.42. The molecule has 0 bridgehead atoms. The van der Waals surface area contributed by atoms with Crippen LogP contribution in [0.4, 0.5) is 5.69 Å². The van der Waals surface area contributed by atoms with Crippen LogP contribution in [0.15, 0.2) is 24.4 Å². The third-order valence-electron chi connectivity index (χ3n) is 4.03. The summed E-state index contributed by atoms with van der Waals surface area (Å²) < 4.78 is 5.52. The molecule has 2 rings (SSSR count). The summed E-state index contributed by atoms with van der Waals surface area (Å²) in [5.74, 6) is 0.0562. The zero-order chi connectivity index (χ0) is 20.9. The third-order valence-corrected chi connectivity index (χ3v) is 5.75. The van der Waals surface area contributed by atoms with Crippen LogP contribution in [0.1, 0.15) is 49.3 Å². The monoisotopic (exact) mass is 423 g/mol. The Morgan fingerprint density at radius 2 is 1.93 bits per heavy atom. The predicted octanol–water partition coefficient (Wildman–Crippen LogP) is 4.59. The molecule has 8 heteroatoms. The molecule has 0 saturated carbocycles. The number of aromatic nitrogens is 1. The van der Waals surface area contributed by atoms with Crippen molar-refractivity contribution in [2.24, 2.45) is 0 Å². The second kappa shape index (κ2) is 9.39. The number of carbonyl (C=O) groups is 2. The summed E-state index contributed by atoms with van der Waals surface area (Å²) in [5.41, 5.74) is 0.441. The minimum absolute atomic E-state index is 0.0798. The van der Waals surface area contributed by atoms with E-state index in [1.165, 1.54) is 11.3 Å². The van der Waals surface area contributed by atoms with Crippen molar-refractivity contribution < 1.29 is 14.3 Å². The maximum atomic E-state index is 12.4. The minimum Gasteiger partial charge on any atom is -0.482 e. The van der Waals surface area contributed by atoms with Crippen molar-refractivity contribution in [3.63, 3.8) is 0 Å². The molecule has 2 aromatic rings. The second-order valence-corrected chi connectivity index (χ2v) is 8.67. The van der Waals surface area contributed by atoms with Crippen LogP contribution in [0.2, 0.25) is 5.02 Å². The molecule has 2 amide bonds.